The summed E-state index contributed by atoms with van der Waals surface area (Å²) in [5, 5.41) is 0. The van der Waals surface area contributed by atoms with Crippen molar-refractivity contribution >= 4 is 0 Å². The largest absolute Gasteiger partial charge is 0.330 e. The highest BCUT2D eigenvalue weighted by atomic mass is 14.6. The Kier molecular flexibility index (Phi) is 4.15. The van der Waals surface area contributed by atoms with Crippen LogP contribution >= 0.6 is 0 Å². The van der Waals surface area contributed by atoms with Crippen molar-refractivity contribution in [2.45, 2.75) is 47.5 Å². The Bertz CT molecular complexity index is 341. The molecule has 1 aromatic carbocycles. The Morgan fingerprint density at radius 2 is 1.56 bits per heavy atom. The fourth-order valence-electron chi connectivity index (χ4n) is 2.17. The fourth-order valence-corrected chi connectivity index (χ4v) is 2.17. The van der Waals surface area contributed by atoms with Crippen LogP contribution in [0.2, 0.25) is 0 Å². The van der Waals surface area contributed by atoms with Crippen LogP contribution in [0, 0.1) is 26.2 Å². The van der Waals surface area contributed by atoms with Gasteiger partial charge in [-0.1, -0.05) is 31.5 Å². The molecule has 1 aromatic rings. The third-order valence-corrected chi connectivity index (χ3v) is 3.44. The maximum Gasteiger partial charge on any atom is -0.00257 e. The summed E-state index contributed by atoms with van der Waals surface area (Å²) in [6.07, 6.45) is 2.30. The van der Waals surface area contributed by atoms with E-state index in [1.807, 2.05) is 0 Å². The van der Waals surface area contributed by atoms with E-state index in [9.17, 15) is 0 Å². The molecule has 0 saturated heterocycles. The van der Waals surface area contributed by atoms with Crippen LogP contribution in [0.5, 0.6) is 0 Å². The Morgan fingerprint density at radius 3 is 2.00 bits per heavy atom. The molecule has 0 unspecified atom stereocenters. The summed E-state index contributed by atoms with van der Waals surface area (Å²) in [7, 11) is 0. The molecule has 90 valence electrons. The topological polar surface area (TPSA) is 26.0 Å². The second-order valence-electron chi connectivity index (χ2n) is 5.75. The number of hydrogen-bond donors (Lipinski definition) is 1. The first-order chi connectivity index (χ1) is 7.35. The molecule has 0 heterocycles. The number of aryl methyl sites for hydroxylation is 3. The summed E-state index contributed by atoms with van der Waals surface area (Å²) >= 11 is 0. The minimum atomic E-state index is 0.254. The lowest BCUT2D eigenvalue weighted by atomic mass is 9.84. The molecule has 1 nitrogen and oxygen atoms in total. The third kappa shape index (κ3) is 3.34. The number of hydrogen-bond acceptors (Lipinski definition) is 1. The normalized spacial score (nSPS) is 11.9. The maximum absolute atomic E-state index is 5.77. The van der Waals surface area contributed by atoms with Gasteiger partial charge in [0.25, 0.3) is 0 Å². The van der Waals surface area contributed by atoms with E-state index in [1.165, 1.54) is 22.3 Å². The summed E-state index contributed by atoms with van der Waals surface area (Å²) in [5.41, 5.74) is 11.7. The van der Waals surface area contributed by atoms with Crippen molar-refractivity contribution in [3.05, 3.63) is 34.4 Å². The quantitative estimate of drug-likeness (QED) is 0.823. The van der Waals surface area contributed by atoms with E-state index in [4.69, 9.17) is 5.73 Å². The molecular weight excluding hydrogens is 194 g/mol. The first kappa shape index (κ1) is 13.2. The minimum absolute atomic E-state index is 0.254. The molecule has 0 aromatic heterocycles. The van der Waals surface area contributed by atoms with Crippen LogP contribution in [0.3, 0.4) is 0 Å². The van der Waals surface area contributed by atoms with Crippen LogP contribution in [0.4, 0.5) is 0 Å². The van der Waals surface area contributed by atoms with Gasteiger partial charge in [0.05, 0.1) is 0 Å². The number of nitrogens with two attached hydrogens (primary N) is 1. The molecule has 0 radical (unpaired) electrons. The standard InChI is InChI=1S/C15H25N/c1-11-8-12(2)14(13(3)9-11)6-7-15(4,5)10-16/h8-9H,6-7,10,16H2,1-5H3. The molecule has 0 fully saturated rings. The van der Waals surface area contributed by atoms with Crippen molar-refractivity contribution < 1.29 is 0 Å². The maximum atomic E-state index is 5.77. The molecule has 0 spiro atoms. The average molecular weight is 219 g/mol. The van der Waals surface area contributed by atoms with E-state index in [0.29, 0.717) is 0 Å². The summed E-state index contributed by atoms with van der Waals surface area (Å²) in [6.45, 7) is 11.8. The van der Waals surface area contributed by atoms with Crippen LogP contribution in [0.15, 0.2) is 12.1 Å². The van der Waals surface area contributed by atoms with E-state index in [-0.39, 0.29) is 5.41 Å². The van der Waals surface area contributed by atoms with Crippen molar-refractivity contribution in [1.82, 2.24) is 0 Å². The van der Waals surface area contributed by atoms with Crippen molar-refractivity contribution in [1.29, 1.82) is 0 Å². The van der Waals surface area contributed by atoms with Crippen molar-refractivity contribution in [3.8, 4) is 0 Å². The zero-order valence-electron chi connectivity index (χ0n) is 11.4. The Hall–Kier alpha value is -0.820. The van der Waals surface area contributed by atoms with Gasteiger partial charge in [0.1, 0.15) is 0 Å². The predicted molar refractivity (Wildman–Crippen MR) is 71.8 cm³/mol. The second-order valence-corrected chi connectivity index (χ2v) is 5.75. The molecule has 16 heavy (non-hydrogen) atoms. The average Bonchev–Trinajstić information content (AvgIpc) is 2.16. The SMILES string of the molecule is Cc1cc(C)c(CCC(C)(C)CN)c(C)c1. The van der Waals surface area contributed by atoms with Gasteiger partial charge in [-0.3, -0.25) is 0 Å². The highest BCUT2D eigenvalue weighted by Crippen LogP contribution is 2.25. The first-order valence-corrected chi connectivity index (χ1v) is 6.12. The molecule has 0 aliphatic heterocycles. The molecule has 0 aliphatic carbocycles. The summed E-state index contributed by atoms with van der Waals surface area (Å²) < 4.78 is 0. The molecule has 2 N–H and O–H groups in total. The monoisotopic (exact) mass is 219 g/mol. The van der Waals surface area contributed by atoms with E-state index in [1.54, 1.807) is 0 Å². The van der Waals surface area contributed by atoms with Crippen LogP contribution in [0.1, 0.15) is 42.5 Å². The zero-order chi connectivity index (χ0) is 12.3. The molecule has 0 aliphatic rings. The van der Waals surface area contributed by atoms with Crippen LogP contribution in [-0.4, -0.2) is 6.54 Å². The van der Waals surface area contributed by atoms with Gasteiger partial charge < -0.3 is 5.73 Å². The van der Waals surface area contributed by atoms with Crippen LogP contribution < -0.4 is 5.73 Å². The Morgan fingerprint density at radius 1 is 1.06 bits per heavy atom. The van der Waals surface area contributed by atoms with E-state index < -0.39 is 0 Å². The van der Waals surface area contributed by atoms with Crippen LogP contribution in [0.25, 0.3) is 0 Å². The summed E-state index contributed by atoms with van der Waals surface area (Å²) in [5.74, 6) is 0. The first-order valence-electron chi connectivity index (χ1n) is 6.12. The molecular formula is C15H25N. The number of benzene rings is 1. The lowest BCUT2D eigenvalue weighted by Gasteiger charge is -2.23. The van der Waals surface area contributed by atoms with Gasteiger partial charge in [-0.05, 0) is 62.3 Å². The Balaban J connectivity index is 2.82. The lowest BCUT2D eigenvalue weighted by molar-refractivity contribution is 0.347. The summed E-state index contributed by atoms with van der Waals surface area (Å²) in [6, 6.07) is 4.55. The van der Waals surface area contributed by atoms with Gasteiger partial charge in [-0.2, -0.15) is 0 Å². The highest BCUT2D eigenvalue weighted by Gasteiger charge is 2.16. The molecule has 1 heteroatoms. The molecule has 0 atom stereocenters. The van der Waals surface area contributed by atoms with Gasteiger partial charge in [-0.25, -0.2) is 0 Å². The summed E-state index contributed by atoms with van der Waals surface area (Å²) in [4.78, 5) is 0. The van der Waals surface area contributed by atoms with Gasteiger partial charge in [0.15, 0.2) is 0 Å². The van der Waals surface area contributed by atoms with Crippen LogP contribution in [-0.2, 0) is 6.42 Å². The fraction of sp³-hybridized carbons (Fsp3) is 0.600. The minimum Gasteiger partial charge on any atom is -0.330 e. The Labute approximate surface area is 100 Å². The molecule has 0 amide bonds. The van der Waals surface area contributed by atoms with E-state index in [0.717, 1.165) is 19.4 Å². The van der Waals surface area contributed by atoms with Crippen molar-refractivity contribution in [3.63, 3.8) is 0 Å². The van der Waals surface area contributed by atoms with Gasteiger partial charge >= 0.3 is 0 Å². The van der Waals surface area contributed by atoms with Gasteiger partial charge in [0.2, 0.25) is 0 Å². The highest BCUT2D eigenvalue weighted by molar-refractivity contribution is 5.37. The molecule has 1 rings (SSSR count). The van der Waals surface area contributed by atoms with Crippen molar-refractivity contribution in [2.75, 3.05) is 6.54 Å². The van der Waals surface area contributed by atoms with Gasteiger partial charge in [-0.15, -0.1) is 0 Å². The van der Waals surface area contributed by atoms with Crippen molar-refractivity contribution in [2.24, 2.45) is 11.1 Å². The predicted octanol–water partition coefficient (Wildman–Crippen LogP) is 3.53. The molecule has 0 saturated carbocycles. The lowest BCUT2D eigenvalue weighted by Crippen LogP contribution is -2.24. The van der Waals surface area contributed by atoms with E-state index in [2.05, 4.69) is 46.8 Å². The molecule has 0 bridgehead atoms. The van der Waals surface area contributed by atoms with Gasteiger partial charge in [0, 0.05) is 0 Å². The zero-order valence-corrected chi connectivity index (χ0v) is 11.4. The second kappa shape index (κ2) is 5.01. The third-order valence-electron chi connectivity index (χ3n) is 3.44. The van der Waals surface area contributed by atoms with E-state index >= 15 is 0 Å². The number of rotatable bonds is 4. The smallest absolute Gasteiger partial charge is 0.00257 e.